The molecule has 17 heavy (non-hydrogen) atoms. The zero-order valence-corrected chi connectivity index (χ0v) is 12.3. The Balaban J connectivity index is 2.44. The van der Waals surface area contributed by atoms with Gasteiger partial charge in [0.05, 0.1) is 11.2 Å². The van der Waals surface area contributed by atoms with E-state index >= 15 is 0 Å². The van der Waals surface area contributed by atoms with Gasteiger partial charge in [-0.15, -0.1) is 0 Å². The molecule has 0 bridgehead atoms. The van der Waals surface area contributed by atoms with Gasteiger partial charge < -0.3 is 9.64 Å². The molecule has 2 rings (SSSR count). The average molecular weight is 373 g/mol. The number of amides is 1. The molecule has 2 fully saturated rings. The van der Waals surface area contributed by atoms with Crippen molar-refractivity contribution in [1.29, 1.82) is 0 Å². The van der Waals surface area contributed by atoms with Crippen LogP contribution in [0.1, 0.15) is 20.3 Å². The minimum Gasteiger partial charge on any atom is -0.453 e. The topological polar surface area (TPSA) is 80.8 Å². The summed E-state index contributed by atoms with van der Waals surface area (Å²) in [6, 6.07) is -1.02. The molecule has 0 aromatic carbocycles. The van der Waals surface area contributed by atoms with Gasteiger partial charge in [0.15, 0.2) is 9.84 Å². The number of β-lactam (4-membered cyclic amide) rings is 1. The average Bonchev–Trinajstić information content (AvgIpc) is 2.32. The standard InChI is InChI=1S/C9H12INO5S/c1-9(2)7(8(13)16-4-10)11-5(12)3-6(11)17(9,14)15/h6-7H,3-4H2,1-2H3/t6-,7+/m1/s1. The van der Waals surface area contributed by atoms with Crippen molar-refractivity contribution in [2.75, 3.05) is 4.61 Å². The van der Waals surface area contributed by atoms with Crippen LogP contribution in [-0.4, -0.2) is 46.0 Å². The molecular weight excluding hydrogens is 361 g/mol. The highest BCUT2D eigenvalue weighted by molar-refractivity contribution is 14.1. The van der Waals surface area contributed by atoms with Crippen LogP contribution >= 0.6 is 22.6 Å². The van der Waals surface area contributed by atoms with E-state index in [1.807, 2.05) is 22.6 Å². The summed E-state index contributed by atoms with van der Waals surface area (Å²) in [5, 5.41) is -0.850. The molecule has 0 aliphatic carbocycles. The van der Waals surface area contributed by atoms with E-state index in [9.17, 15) is 18.0 Å². The van der Waals surface area contributed by atoms with Gasteiger partial charge in [0, 0.05) is 0 Å². The molecule has 2 saturated heterocycles. The first-order valence-electron chi connectivity index (χ1n) is 5.02. The number of nitrogens with zero attached hydrogens (tertiary/aromatic N) is 1. The Morgan fingerprint density at radius 2 is 2.18 bits per heavy atom. The molecule has 0 aromatic heterocycles. The molecule has 6 nitrogen and oxygen atoms in total. The van der Waals surface area contributed by atoms with Crippen LogP contribution in [0.25, 0.3) is 0 Å². The van der Waals surface area contributed by atoms with Gasteiger partial charge in [0.1, 0.15) is 16.0 Å². The summed E-state index contributed by atoms with van der Waals surface area (Å²) in [5.41, 5.74) is 0. The zero-order chi connectivity index (χ0) is 13.0. The Kier molecular flexibility index (Phi) is 2.92. The van der Waals surface area contributed by atoms with Crippen molar-refractivity contribution in [2.45, 2.75) is 36.4 Å². The van der Waals surface area contributed by atoms with Gasteiger partial charge in [0.2, 0.25) is 5.91 Å². The van der Waals surface area contributed by atoms with Gasteiger partial charge in [-0.2, -0.15) is 0 Å². The first-order valence-corrected chi connectivity index (χ1v) is 8.09. The van der Waals surface area contributed by atoms with E-state index in [0.717, 1.165) is 4.90 Å². The zero-order valence-electron chi connectivity index (χ0n) is 9.34. The van der Waals surface area contributed by atoms with Gasteiger partial charge in [0.25, 0.3) is 0 Å². The van der Waals surface area contributed by atoms with Crippen molar-refractivity contribution in [1.82, 2.24) is 4.90 Å². The number of ether oxygens (including phenoxy) is 1. The number of carbonyl (C=O) groups excluding carboxylic acids is 2. The van der Waals surface area contributed by atoms with Crippen LogP contribution < -0.4 is 0 Å². The van der Waals surface area contributed by atoms with Crippen LogP contribution in [-0.2, 0) is 24.2 Å². The quantitative estimate of drug-likeness (QED) is 0.296. The molecule has 1 amide bonds. The third-order valence-corrected chi connectivity index (χ3v) is 6.51. The maximum absolute atomic E-state index is 12.1. The number of hydrogen-bond acceptors (Lipinski definition) is 5. The third kappa shape index (κ3) is 1.52. The van der Waals surface area contributed by atoms with Crippen molar-refractivity contribution in [3.8, 4) is 0 Å². The Hall–Kier alpha value is -0.380. The van der Waals surface area contributed by atoms with Gasteiger partial charge in [-0.1, -0.05) is 0 Å². The molecule has 8 heteroatoms. The van der Waals surface area contributed by atoms with E-state index in [1.165, 1.54) is 13.8 Å². The summed E-state index contributed by atoms with van der Waals surface area (Å²) in [6.07, 6.45) is -0.0280. The third-order valence-electron chi connectivity index (χ3n) is 3.40. The van der Waals surface area contributed by atoms with E-state index in [1.54, 1.807) is 0 Å². The fraction of sp³-hybridized carbons (Fsp3) is 0.778. The van der Waals surface area contributed by atoms with Gasteiger partial charge in [-0.3, -0.25) is 4.79 Å². The van der Waals surface area contributed by atoms with E-state index in [2.05, 4.69) is 0 Å². The Morgan fingerprint density at radius 3 is 2.65 bits per heavy atom. The largest absolute Gasteiger partial charge is 0.453 e. The van der Waals surface area contributed by atoms with Crippen molar-refractivity contribution in [3.05, 3.63) is 0 Å². The summed E-state index contributed by atoms with van der Waals surface area (Å²) in [6.45, 7) is 2.93. The van der Waals surface area contributed by atoms with Crippen LogP contribution in [0.3, 0.4) is 0 Å². The first-order chi connectivity index (χ1) is 7.75. The normalized spacial score (nSPS) is 32.9. The first kappa shape index (κ1) is 13.1. The second-order valence-corrected chi connectivity index (χ2v) is 7.89. The number of hydrogen-bond donors (Lipinski definition) is 0. The Morgan fingerprint density at radius 1 is 1.59 bits per heavy atom. The van der Waals surface area contributed by atoms with Crippen molar-refractivity contribution in [2.24, 2.45) is 0 Å². The summed E-state index contributed by atoms with van der Waals surface area (Å²) >= 11 is 1.85. The number of fused-ring (bicyclic) bond motifs is 1. The molecule has 2 heterocycles. The maximum atomic E-state index is 12.1. The second kappa shape index (κ2) is 3.81. The van der Waals surface area contributed by atoms with Crippen molar-refractivity contribution < 1.29 is 22.7 Å². The smallest absolute Gasteiger partial charge is 0.331 e. The molecule has 96 valence electrons. The number of esters is 1. The molecule has 0 aromatic rings. The highest BCUT2D eigenvalue weighted by Crippen LogP contribution is 2.45. The Labute approximate surface area is 113 Å². The highest BCUT2D eigenvalue weighted by Gasteiger charge is 2.68. The van der Waals surface area contributed by atoms with Gasteiger partial charge >= 0.3 is 5.97 Å². The van der Waals surface area contributed by atoms with Crippen LogP contribution in [0.15, 0.2) is 0 Å². The lowest BCUT2D eigenvalue weighted by atomic mass is 9.98. The number of rotatable bonds is 2. The predicted octanol–water partition coefficient (Wildman–Crippen LogP) is 0.0561. The fourth-order valence-electron chi connectivity index (χ4n) is 2.34. The van der Waals surface area contributed by atoms with Gasteiger partial charge in [-0.05, 0) is 36.4 Å². The molecular formula is C9H12INO5S. The molecule has 0 unspecified atom stereocenters. The monoisotopic (exact) mass is 373 g/mol. The number of alkyl halides is 1. The molecule has 0 saturated carbocycles. The van der Waals surface area contributed by atoms with E-state index in [4.69, 9.17) is 4.74 Å². The minimum absolute atomic E-state index is 0.0280. The Bertz CT molecular complexity index is 486. The molecule has 2 atom stereocenters. The summed E-state index contributed by atoms with van der Waals surface area (Å²) in [7, 11) is -3.51. The lowest BCUT2D eigenvalue weighted by Crippen LogP contribution is -2.57. The second-order valence-electron chi connectivity index (χ2n) is 4.58. The maximum Gasteiger partial charge on any atom is 0.331 e. The molecule has 2 aliphatic rings. The van der Waals surface area contributed by atoms with Crippen molar-refractivity contribution >= 4 is 44.3 Å². The van der Waals surface area contributed by atoms with E-state index < -0.39 is 32.0 Å². The van der Waals surface area contributed by atoms with Crippen LogP contribution in [0, 0.1) is 0 Å². The van der Waals surface area contributed by atoms with E-state index in [-0.39, 0.29) is 16.9 Å². The fourth-order valence-corrected chi connectivity index (χ4v) is 4.77. The van der Waals surface area contributed by atoms with Crippen molar-refractivity contribution in [3.63, 3.8) is 0 Å². The summed E-state index contributed by atoms with van der Waals surface area (Å²) < 4.78 is 28.0. The van der Waals surface area contributed by atoms with Gasteiger partial charge in [-0.25, -0.2) is 13.2 Å². The summed E-state index contributed by atoms with van der Waals surface area (Å²) in [5.74, 6) is -0.955. The predicted molar refractivity (Wildman–Crippen MR) is 67.0 cm³/mol. The van der Waals surface area contributed by atoms with Crippen LogP contribution in [0.2, 0.25) is 0 Å². The molecule has 0 N–H and O–H groups in total. The number of carbonyl (C=O) groups is 2. The number of halogens is 1. The lowest BCUT2D eigenvalue weighted by Gasteiger charge is -2.36. The molecule has 0 spiro atoms. The van der Waals surface area contributed by atoms with E-state index in [0.29, 0.717) is 0 Å². The SMILES string of the molecule is CC1(C)[C@H](C(=O)OCI)N2C(=O)C[C@H]2S1(=O)=O. The highest BCUT2D eigenvalue weighted by atomic mass is 127. The minimum atomic E-state index is -3.51. The summed E-state index contributed by atoms with van der Waals surface area (Å²) in [4.78, 5) is 24.4. The van der Waals surface area contributed by atoms with Crippen LogP contribution in [0.4, 0.5) is 0 Å². The number of sulfone groups is 1. The molecule has 2 aliphatic heterocycles. The van der Waals surface area contributed by atoms with Crippen LogP contribution in [0.5, 0.6) is 0 Å². The lowest BCUT2D eigenvalue weighted by molar-refractivity contribution is -0.159. The molecule has 0 radical (unpaired) electrons.